The van der Waals surface area contributed by atoms with Gasteiger partial charge in [-0.2, -0.15) is 5.10 Å². The van der Waals surface area contributed by atoms with Gasteiger partial charge in [0.2, 0.25) is 0 Å². The summed E-state index contributed by atoms with van der Waals surface area (Å²) < 4.78 is 15.0. The zero-order valence-electron chi connectivity index (χ0n) is 16.9. The van der Waals surface area contributed by atoms with E-state index in [2.05, 4.69) is 32.9 Å². The highest BCUT2D eigenvalue weighted by atomic mass is 19.1. The van der Waals surface area contributed by atoms with Crippen LogP contribution in [0.5, 0.6) is 0 Å². The summed E-state index contributed by atoms with van der Waals surface area (Å²) in [4.78, 5) is 9.34. The van der Waals surface area contributed by atoms with Crippen molar-refractivity contribution in [1.29, 1.82) is 0 Å². The lowest BCUT2D eigenvalue weighted by molar-refractivity contribution is 0.166. The molecule has 1 fully saturated rings. The van der Waals surface area contributed by atoms with Crippen molar-refractivity contribution in [3.05, 3.63) is 78.1 Å². The van der Waals surface area contributed by atoms with Gasteiger partial charge in [-0.25, -0.2) is 9.07 Å². The van der Waals surface area contributed by atoms with Gasteiger partial charge in [0.15, 0.2) is 0 Å². The molecule has 0 N–H and O–H groups in total. The third kappa shape index (κ3) is 5.08. The molecule has 3 heterocycles. The molecule has 1 saturated heterocycles. The number of nitrogens with zero attached hydrogens (tertiary/aromatic N) is 5. The van der Waals surface area contributed by atoms with E-state index in [1.807, 2.05) is 35.5 Å². The van der Waals surface area contributed by atoms with Gasteiger partial charge in [0.1, 0.15) is 5.82 Å². The van der Waals surface area contributed by atoms with Crippen molar-refractivity contribution in [1.82, 2.24) is 24.6 Å². The molecule has 1 atom stereocenters. The predicted octanol–water partition coefficient (Wildman–Crippen LogP) is 3.89. The standard InChI is InChI=1S/C23H28FN5/c1-2-28-12-4-6-23(28)18-27(15-19-5-3-11-25-13-19)16-20-14-26-29(17-20)22-9-7-21(24)8-10-22/h3,5,7-11,13-14,17,23H,2,4,6,12,15-16,18H2,1H3/t23-/m1/s1. The predicted molar refractivity (Wildman–Crippen MR) is 112 cm³/mol. The fourth-order valence-corrected chi connectivity index (χ4v) is 4.19. The molecule has 5 nitrogen and oxygen atoms in total. The van der Waals surface area contributed by atoms with Crippen molar-refractivity contribution < 1.29 is 4.39 Å². The quantitative estimate of drug-likeness (QED) is 0.582. The topological polar surface area (TPSA) is 37.2 Å². The Hall–Kier alpha value is -2.57. The van der Waals surface area contributed by atoms with E-state index in [0.717, 1.165) is 37.4 Å². The fourth-order valence-electron chi connectivity index (χ4n) is 4.19. The SMILES string of the molecule is CCN1CCC[C@@H]1CN(Cc1cccnc1)Cc1cnn(-c2ccc(F)cc2)c1. The summed E-state index contributed by atoms with van der Waals surface area (Å²) in [5.41, 5.74) is 3.24. The normalized spacial score (nSPS) is 17.3. The molecule has 1 aliphatic rings. The first-order chi connectivity index (χ1) is 14.2. The van der Waals surface area contributed by atoms with Crippen LogP contribution in [0.1, 0.15) is 30.9 Å². The van der Waals surface area contributed by atoms with Crippen LogP contribution in [0.4, 0.5) is 4.39 Å². The lowest BCUT2D eigenvalue weighted by atomic mass is 10.1. The highest BCUT2D eigenvalue weighted by molar-refractivity contribution is 5.31. The number of pyridine rings is 1. The Morgan fingerprint density at radius 2 is 1.93 bits per heavy atom. The molecule has 0 amide bonds. The Morgan fingerprint density at radius 3 is 2.69 bits per heavy atom. The lowest BCUT2D eigenvalue weighted by Crippen LogP contribution is -2.39. The van der Waals surface area contributed by atoms with Crippen LogP contribution in [0.3, 0.4) is 0 Å². The van der Waals surface area contributed by atoms with Crippen molar-refractivity contribution >= 4 is 0 Å². The molecular weight excluding hydrogens is 365 g/mol. The van der Waals surface area contributed by atoms with E-state index < -0.39 is 0 Å². The van der Waals surface area contributed by atoms with Gasteiger partial charge in [-0.3, -0.25) is 14.8 Å². The summed E-state index contributed by atoms with van der Waals surface area (Å²) in [7, 11) is 0. The summed E-state index contributed by atoms with van der Waals surface area (Å²) in [6.45, 7) is 7.27. The van der Waals surface area contributed by atoms with Crippen molar-refractivity contribution in [2.24, 2.45) is 0 Å². The van der Waals surface area contributed by atoms with E-state index in [1.54, 1.807) is 12.1 Å². The average Bonchev–Trinajstić information content (AvgIpc) is 3.38. The molecule has 1 aromatic carbocycles. The van der Waals surface area contributed by atoms with Crippen LogP contribution in [0.25, 0.3) is 5.69 Å². The zero-order valence-corrected chi connectivity index (χ0v) is 16.9. The molecule has 0 radical (unpaired) electrons. The first-order valence-corrected chi connectivity index (χ1v) is 10.4. The summed E-state index contributed by atoms with van der Waals surface area (Å²) in [5, 5.41) is 4.48. The number of aromatic nitrogens is 3. The van der Waals surface area contributed by atoms with Crippen LogP contribution in [0.2, 0.25) is 0 Å². The number of halogens is 1. The molecule has 0 unspecified atom stereocenters. The maximum atomic E-state index is 13.2. The molecule has 3 aromatic rings. The number of rotatable bonds is 8. The van der Waals surface area contributed by atoms with Crippen molar-refractivity contribution in [2.45, 2.75) is 38.9 Å². The highest BCUT2D eigenvalue weighted by Crippen LogP contribution is 2.20. The summed E-state index contributed by atoms with van der Waals surface area (Å²) in [6.07, 6.45) is 10.2. The smallest absolute Gasteiger partial charge is 0.123 e. The molecule has 0 bridgehead atoms. The molecule has 2 aromatic heterocycles. The van der Waals surface area contributed by atoms with E-state index >= 15 is 0 Å². The maximum absolute atomic E-state index is 13.2. The lowest BCUT2D eigenvalue weighted by Gasteiger charge is -2.30. The molecule has 6 heteroatoms. The molecule has 0 aliphatic carbocycles. The van der Waals surface area contributed by atoms with Gasteiger partial charge in [-0.15, -0.1) is 0 Å². The minimum absolute atomic E-state index is 0.235. The zero-order chi connectivity index (χ0) is 20.1. The Labute approximate surface area is 171 Å². The minimum Gasteiger partial charge on any atom is -0.299 e. The maximum Gasteiger partial charge on any atom is 0.123 e. The third-order valence-electron chi connectivity index (χ3n) is 5.64. The first-order valence-electron chi connectivity index (χ1n) is 10.4. The average molecular weight is 394 g/mol. The van der Waals surface area contributed by atoms with Crippen LogP contribution in [0, 0.1) is 5.82 Å². The van der Waals surface area contributed by atoms with Crippen LogP contribution in [-0.4, -0.2) is 50.2 Å². The first kappa shape index (κ1) is 19.7. The Bertz CT molecular complexity index is 893. The van der Waals surface area contributed by atoms with Crippen LogP contribution in [0.15, 0.2) is 61.2 Å². The highest BCUT2D eigenvalue weighted by Gasteiger charge is 2.25. The van der Waals surface area contributed by atoms with Gasteiger partial charge >= 0.3 is 0 Å². The number of likely N-dealkylation sites (N-methyl/N-ethyl adjacent to an activating group) is 1. The third-order valence-corrected chi connectivity index (χ3v) is 5.64. The monoisotopic (exact) mass is 393 g/mol. The van der Waals surface area contributed by atoms with E-state index in [-0.39, 0.29) is 5.82 Å². The van der Waals surface area contributed by atoms with E-state index in [4.69, 9.17) is 0 Å². The Morgan fingerprint density at radius 1 is 1.10 bits per heavy atom. The number of hydrogen-bond acceptors (Lipinski definition) is 4. The summed E-state index contributed by atoms with van der Waals surface area (Å²) >= 11 is 0. The largest absolute Gasteiger partial charge is 0.299 e. The summed E-state index contributed by atoms with van der Waals surface area (Å²) in [5.74, 6) is -0.235. The van der Waals surface area contributed by atoms with Gasteiger partial charge in [-0.1, -0.05) is 13.0 Å². The summed E-state index contributed by atoms with van der Waals surface area (Å²) in [6, 6.07) is 11.1. The minimum atomic E-state index is -0.235. The fraction of sp³-hybridized carbons (Fsp3) is 0.391. The van der Waals surface area contributed by atoms with Crippen LogP contribution < -0.4 is 0 Å². The number of likely N-dealkylation sites (tertiary alicyclic amines) is 1. The molecule has 4 rings (SSSR count). The van der Waals surface area contributed by atoms with Gasteiger partial charge in [-0.05, 0) is 61.8 Å². The van der Waals surface area contributed by atoms with Gasteiger partial charge < -0.3 is 0 Å². The van der Waals surface area contributed by atoms with E-state index in [0.29, 0.717) is 6.04 Å². The van der Waals surface area contributed by atoms with Crippen molar-refractivity contribution in [3.63, 3.8) is 0 Å². The second-order valence-electron chi connectivity index (χ2n) is 7.73. The molecule has 1 aliphatic heterocycles. The van der Waals surface area contributed by atoms with Gasteiger partial charge in [0.05, 0.1) is 11.9 Å². The molecular formula is C23H28FN5. The number of benzene rings is 1. The Balaban J connectivity index is 1.49. The van der Waals surface area contributed by atoms with Crippen LogP contribution >= 0.6 is 0 Å². The van der Waals surface area contributed by atoms with Crippen LogP contribution in [-0.2, 0) is 13.1 Å². The second kappa shape index (κ2) is 9.29. The molecule has 0 spiro atoms. The Kier molecular flexibility index (Phi) is 6.32. The van der Waals surface area contributed by atoms with E-state index in [1.165, 1.54) is 37.1 Å². The van der Waals surface area contributed by atoms with Crippen molar-refractivity contribution in [3.8, 4) is 5.69 Å². The molecule has 29 heavy (non-hydrogen) atoms. The van der Waals surface area contributed by atoms with Gasteiger partial charge in [0.25, 0.3) is 0 Å². The van der Waals surface area contributed by atoms with E-state index in [9.17, 15) is 4.39 Å². The number of hydrogen-bond donors (Lipinski definition) is 0. The van der Waals surface area contributed by atoms with Gasteiger partial charge in [0, 0.05) is 49.8 Å². The molecule has 152 valence electrons. The van der Waals surface area contributed by atoms with Crippen molar-refractivity contribution in [2.75, 3.05) is 19.6 Å². The molecule has 0 saturated carbocycles. The second-order valence-corrected chi connectivity index (χ2v) is 7.73.